The molecule has 4 rings (SSSR count). The molecule has 1 aromatic heterocycles. The monoisotopic (exact) mass is 576 g/mol. The van der Waals surface area contributed by atoms with Gasteiger partial charge in [-0.05, 0) is 78.1 Å². The SMILES string of the molecule is Cc1ccc(C(C)C)c(NC(=S)N/N=C/c2ccc(-c3nccc(NC(=O)c4ccc(C(F)(F)F)cc4)n3)cc2)c1. The molecule has 7 nitrogen and oxygen atoms in total. The van der Waals surface area contributed by atoms with E-state index in [0.717, 1.165) is 46.6 Å². The van der Waals surface area contributed by atoms with E-state index < -0.39 is 17.6 Å². The topological polar surface area (TPSA) is 91.3 Å². The van der Waals surface area contributed by atoms with E-state index >= 15 is 0 Å². The number of aryl methyl sites for hydroxylation is 1. The Hall–Kier alpha value is -4.64. The van der Waals surface area contributed by atoms with Crippen molar-refractivity contribution < 1.29 is 18.0 Å². The van der Waals surface area contributed by atoms with Crippen LogP contribution in [0.3, 0.4) is 0 Å². The fourth-order valence-corrected chi connectivity index (χ4v) is 4.04. The van der Waals surface area contributed by atoms with E-state index in [1.807, 2.05) is 25.1 Å². The molecular weight excluding hydrogens is 549 g/mol. The third kappa shape index (κ3) is 7.95. The quantitative estimate of drug-likeness (QED) is 0.123. The van der Waals surface area contributed by atoms with E-state index in [9.17, 15) is 18.0 Å². The van der Waals surface area contributed by atoms with Crippen molar-refractivity contribution in [1.29, 1.82) is 0 Å². The predicted octanol–water partition coefficient (Wildman–Crippen LogP) is 7.17. The number of benzene rings is 3. The summed E-state index contributed by atoms with van der Waals surface area (Å²) in [6, 6.07) is 18.9. The summed E-state index contributed by atoms with van der Waals surface area (Å²) in [6.07, 6.45) is -1.37. The Balaban J connectivity index is 1.36. The molecular formula is C30H27F3N6OS. The third-order valence-electron chi connectivity index (χ3n) is 6.00. The highest BCUT2D eigenvalue weighted by atomic mass is 32.1. The Bertz CT molecular complexity index is 1570. The van der Waals surface area contributed by atoms with Gasteiger partial charge in [-0.1, -0.05) is 50.2 Å². The maximum Gasteiger partial charge on any atom is 0.416 e. The smallest absolute Gasteiger partial charge is 0.331 e. The average molecular weight is 577 g/mol. The van der Waals surface area contributed by atoms with Crippen LogP contribution in [0, 0.1) is 6.92 Å². The molecule has 0 aliphatic heterocycles. The van der Waals surface area contributed by atoms with E-state index in [1.165, 1.54) is 12.3 Å². The number of hydrogen-bond donors (Lipinski definition) is 3. The van der Waals surface area contributed by atoms with Crippen molar-refractivity contribution in [3.05, 3.63) is 107 Å². The van der Waals surface area contributed by atoms with Crippen LogP contribution in [0.2, 0.25) is 0 Å². The van der Waals surface area contributed by atoms with Gasteiger partial charge in [0.1, 0.15) is 5.82 Å². The van der Waals surface area contributed by atoms with Crippen LogP contribution in [0.1, 0.15) is 52.4 Å². The molecule has 0 radical (unpaired) electrons. The first kappa shape index (κ1) is 29.3. The molecule has 3 N–H and O–H groups in total. The highest BCUT2D eigenvalue weighted by Gasteiger charge is 2.30. The molecule has 41 heavy (non-hydrogen) atoms. The minimum Gasteiger partial charge on any atom is -0.331 e. The number of rotatable bonds is 7. The second kappa shape index (κ2) is 12.7. The lowest BCUT2D eigenvalue weighted by Crippen LogP contribution is -2.24. The van der Waals surface area contributed by atoms with Crippen LogP contribution in [-0.2, 0) is 6.18 Å². The Kier molecular flexibility index (Phi) is 9.08. The zero-order chi connectivity index (χ0) is 29.6. The van der Waals surface area contributed by atoms with Crippen LogP contribution in [0.4, 0.5) is 24.7 Å². The number of thiocarbonyl (C=S) groups is 1. The number of amides is 1. The Morgan fingerprint density at radius 2 is 1.68 bits per heavy atom. The van der Waals surface area contributed by atoms with Gasteiger partial charge in [-0.25, -0.2) is 9.97 Å². The summed E-state index contributed by atoms with van der Waals surface area (Å²) in [7, 11) is 0. The Labute approximate surface area is 240 Å². The van der Waals surface area contributed by atoms with Gasteiger partial charge in [0.05, 0.1) is 11.8 Å². The Morgan fingerprint density at radius 1 is 0.976 bits per heavy atom. The number of halogens is 3. The largest absolute Gasteiger partial charge is 0.416 e. The molecule has 0 aliphatic rings. The zero-order valence-corrected chi connectivity index (χ0v) is 23.3. The molecule has 3 aromatic carbocycles. The molecule has 0 bridgehead atoms. The summed E-state index contributed by atoms with van der Waals surface area (Å²) in [4.78, 5) is 21.1. The zero-order valence-electron chi connectivity index (χ0n) is 22.5. The van der Waals surface area contributed by atoms with Gasteiger partial charge >= 0.3 is 6.18 Å². The maximum absolute atomic E-state index is 12.8. The van der Waals surface area contributed by atoms with Crippen molar-refractivity contribution in [2.24, 2.45) is 5.10 Å². The van der Waals surface area contributed by atoms with Gasteiger partial charge in [-0.15, -0.1) is 0 Å². The van der Waals surface area contributed by atoms with E-state index in [4.69, 9.17) is 12.2 Å². The van der Waals surface area contributed by atoms with Crippen LogP contribution in [0.25, 0.3) is 11.4 Å². The molecule has 210 valence electrons. The van der Waals surface area contributed by atoms with Crippen molar-refractivity contribution in [2.75, 3.05) is 10.6 Å². The molecule has 4 aromatic rings. The van der Waals surface area contributed by atoms with Crippen LogP contribution in [0.5, 0.6) is 0 Å². The van der Waals surface area contributed by atoms with E-state index in [2.05, 4.69) is 57.1 Å². The minimum absolute atomic E-state index is 0.0735. The van der Waals surface area contributed by atoms with Crippen molar-refractivity contribution >= 4 is 41.0 Å². The minimum atomic E-state index is -4.47. The van der Waals surface area contributed by atoms with Gasteiger partial charge in [0, 0.05) is 23.0 Å². The second-order valence-corrected chi connectivity index (χ2v) is 9.89. The van der Waals surface area contributed by atoms with Crippen LogP contribution in [0.15, 0.2) is 84.1 Å². The summed E-state index contributed by atoms with van der Waals surface area (Å²) in [5, 5.41) is 10.4. The summed E-state index contributed by atoms with van der Waals surface area (Å²) in [6.45, 7) is 6.26. The highest BCUT2D eigenvalue weighted by Crippen LogP contribution is 2.29. The number of hydrazone groups is 1. The first-order valence-electron chi connectivity index (χ1n) is 12.6. The number of carbonyl (C=O) groups is 1. The lowest BCUT2D eigenvalue weighted by Gasteiger charge is -2.15. The van der Waals surface area contributed by atoms with Crippen LogP contribution >= 0.6 is 12.2 Å². The lowest BCUT2D eigenvalue weighted by atomic mass is 9.99. The van der Waals surface area contributed by atoms with Gasteiger partial charge in [0.2, 0.25) is 0 Å². The van der Waals surface area contributed by atoms with Crippen LogP contribution in [-0.4, -0.2) is 27.2 Å². The van der Waals surface area contributed by atoms with E-state index in [1.54, 1.807) is 18.3 Å². The van der Waals surface area contributed by atoms with Gasteiger partial charge in [-0.2, -0.15) is 18.3 Å². The standard InChI is InChI=1S/C30H27F3N6OS/c1-18(2)24-13-4-19(3)16-25(24)36-29(41)39-35-17-20-5-7-21(8-6-20)27-34-15-14-26(37-27)38-28(40)22-9-11-23(12-10-22)30(31,32)33/h4-18H,1-3H3,(H2,36,39,41)(H,34,37,38,40)/b35-17+. The van der Waals surface area contributed by atoms with Crippen molar-refractivity contribution in [3.63, 3.8) is 0 Å². The van der Waals surface area contributed by atoms with Crippen molar-refractivity contribution in [3.8, 4) is 11.4 Å². The van der Waals surface area contributed by atoms with Gasteiger partial charge in [0.25, 0.3) is 5.91 Å². The number of hydrogen-bond acceptors (Lipinski definition) is 5. The number of anilines is 2. The van der Waals surface area contributed by atoms with E-state index in [0.29, 0.717) is 22.4 Å². The fourth-order valence-electron chi connectivity index (χ4n) is 3.88. The van der Waals surface area contributed by atoms with Gasteiger partial charge < -0.3 is 10.6 Å². The molecule has 0 atom stereocenters. The van der Waals surface area contributed by atoms with E-state index in [-0.39, 0.29) is 11.4 Å². The molecule has 1 amide bonds. The number of alkyl halides is 3. The van der Waals surface area contributed by atoms with Crippen LogP contribution < -0.4 is 16.1 Å². The normalized spacial score (nSPS) is 11.5. The number of nitrogens with zero attached hydrogens (tertiary/aromatic N) is 3. The number of nitrogens with one attached hydrogen (secondary N) is 3. The maximum atomic E-state index is 12.8. The van der Waals surface area contributed by atoms with Crippen molar-refractivity contribution in [1.82, 2.24) is 15.4 Å². The summed E-state index contributed by atoms with van der Waals surface area (Å²) < 4.78 is 38.3. The average Bonchev–Trinajstić information content (AvgIpc) is 2.93. The number of carbonyl (C=O) groups excluding carboxylic acids is 1. The Morgan fingerprint density at radius 3 is 2.34 bits per heavy atom. The molecule has 0 unspecified atom stereocenters. The van der Waals surface area contributed by atoms with Gasteiger partial charge in [-0.3, -0.25) is 10.2 Å². The second-order valence-electron chi connectivity index (χ2n) is 9.49. The molecule has 1 heterocycles. The molecule has 0 spiro atoms. The highest BCUT2D eigenvalue weighted by molar-refractivity contribution is 7.80. The third-order valence-corrected chi connectivity index (χ3v) is 6.19. The molecule has 0 saturated carbocycles. The first-order chi connectivity index (χ1) is 19.5. The van der Waals surface area contributed by atoms with Crippen molar-refractivity contribution in [2.45, 2.75) is 32.9 Å². The molecule has 0 aliphatic carbocycles. The lowest BCUT2D eigenvalue weighted by molar-refractivity contribution is -0.137. The first-order valence-corrected chi connectivity index (χ1v) is 13.0. The summed E-state index contributed by atoms with van der Waals surface area (Å²) in [5.74, 6) is 0.326. The molecule has 0 fully saturated rings. The predicted molar refractivity (Wildman–Crippen MR) is 159 cm³/mol. The molecule has 0 saturated heterocycles. The number of aromatic nitrogens is 2. The summed E-state index contributed by atoms with van der Waals surface area (Å²) in [5.41, 5.74) is 6.79. The summed E-state index contributed by atoms with van der Waals surface area (Å²) >= 11 is 5.39. The molecule has 11 heteroatoms. The van der Waals surface area contributed by atoms with Gasteiger partial charge in [0.15, 0.2) is 10.9 Å². The fraction of sp³-hybridized carbons (Fsp3) is 0.167.